The molecule has 0 bridgehead atoms. The first-order valence-corrected chi connectivity index (χ1v) is 23.5. The Balaban J connectivity index is 1.15. The summed E-state index contributed by atoms with van der Waals surface area (Å²) in [7, 11) is 0. The predicted octanol–water partition coefficient (Wildman–Crippen LogP) is 15.9. The predicted molar refractivity (Wildman–Crippen MR) is 283 cm³/mol. The molecule has 0 atom stereocenters. The number of hydrogen-bond acceptors (Lipinski definition) is 4. The number of anilines is 8. The Morgan fingerprint density at radius 2 is 1.03 bits per heavy atom. The summed E-state index contributed by atoms with van der Waals surface area (Å²) >= 11 is 1.91. The highest BCUT2D eigenvalue weighted by molar-refractivity contribution is 7.26. The van der Waals surface area contributed by atoms with Crippen LogP contribution in [-0.2, 0) is 0 Å². The molecule has 2 aliphatic rings. The first kappa shape index (κ1) is 38.4. The van der Waals surface area contributed by atoms with E-state index in [9.17, 15) is 0 Å². The van der Waals surface area contributed by atoms with Crippen molar-refractivity contribution in [3.63, 3.8) is 0 Å². The van der Waals surface area contributed by atoms with Crippen LogP contribution in [0, 0.1) is 6.92 Å². The fourth-order valence-corrected chi connectivity index (χ4v) is 11.8. The van der Waals surface area contributed by atoms with E-state index in [0.717, 1.165) is 22.7 Å². The molecule has 0 unspecified atom stereocenters. The maximum Gasteiger partial charge on any atom is 0.333 e. The summed E-state index contributed by atoms with van der Waals surface area (Å²) in [6.07, 6.45) is 0. The highest BCUT2D eigenvalue weighted by Crippen LogP contribution is 2.53. The Kier molecular flexibility index (Phi) is 9.04. The standard InChI is InChI=1S/C61H42BN3S/c1-41-37-45(43-21-8-3-9-22-43)33-35-55(41)64-57-36-34-48(63(46-24-10-4-11-25-46)47-26-12-5-13-27-47)39-54(57)62-59-52(40-53-51-30-15-17-32-58(51)66-61(53)60(59)64)50-29-14-16-31-56(50)65(62)49-28-18-23-44(38-49)42-19-6-2-7-20-42/h2-40H,1H3. The summed E-state index contributed by atoms with van der Waals surface area (Å²) in [5, 5.41) is 2.59. The third-order valence-electron chi connectivity index (χ3n) is 13.5. The van der Waals surface area contributed by atoms with Gasteiger partial charge >= 0.3 is 6.85 Å². The van der Waals surface area contributed by atoms with E-state index >= 15 is 0 Å². The zero-order valence-corrected chi connectivity index (χ0v) is 37.2. The molecule has 5 heteroatoms. The molecular weight excluding hydrogens is 818 g/mol. The molecule has 2 aliphatic heterocycles. The van der Waals surface area contributed by atoms with E-state index in [-0.39, 0.29) is 6.85 Å². The minimum absolute atomic E-state index is 0.172. The van der Waals surface area contributed by atoms with Gasteiger partial charge in [-0.3, -0.25) is 0 Å². The zero-order valence-electron chi connectivity index (χ0n) is 36.3. The van der Waals surface area contributed by atoms with Gasteiger partial charge in [-0.05, 0) is 136 Å². The lowest BCUT2D eigenvalue weighted by atomic mass is 9.43. The van der Waals surface area contributed by atoms with Gasteiger partial charge in [-0.2, -0.15) is 0 Å². The summed E-state index contributed by atoms with van der Waals surface area (Å²) in [5.74, 6) is 0. The average Bonchev–Trinajstić information content (AvgIpc) is 3.76. The summed E-state index contributed by atoms with van der Waals surface area (Å²) in [4.78, 5) is 7.64. The van der Waals surface area contributed by atoms with Gasteiger partial charge in [0.1, 0.15) is 0 Å². The van der Waals surface area contributed by atoms with Gasteiger partial charge in [-0.25, -0.2) is 0 Å². The fraction of sp³-hybridized carbons (Fsp3) is 0.0164. The largest absolute Gasteiger partial charge is 0.376 e. The van der Waals surface area contributed by atoms with Gasteiger partial charge in [-0.15, -0.1) is 11.3 Å². The lowest BCUT2D eigenvalue weighted by molar-refractivity contribution is 1.24. The second-order valence-electron chi connectivity index (χ2n) is 17.3. The molecule has 0 saturated carbocycles. The van der Waals surface area contributed by atoms with E-state index in [1.165, 1.54) is 92.8 Å². The quantitative estimate of drug-likeness (QED) is 0.148. The Hall–Kier alpha value is -8.12. The van der Waals surface area contributed by atoms with Crippen LogP contribution in [0.4, 0.5) is 45.5 Å². The maximum absolute atomic E-state index is 2.63. The van der Waals surface area contributed by atoms with E-state index < -0.39 is 0 Å². The van der Waals surface area contributed by atoms with E-state index in [1.807, 2.05) is 11.3 Å². The number of hydrogen-bond donors (Lipinski definition) is 0. The SMILES string of the molecule is Cc1cc(-c2ccccc2)ccc1N1c2ccc(N(c3ccccc3)c3ccccc3)cc2B2c3c(cc4c(sc5ccccc54)c31)-c1ccccc1N2c1cccc(-c2ccccc2)c1. The number of para-hydroxylation sites is 3. The number of nitrogens with zero attached hydrogens (tertiary/aromatic N) is 3. The third-order valence-corrected chi connectivity index (χ3v) is 14.7. The van der Waals surface area contributed by atoms with Crippen molar-refractivity contribution in [1.82, 2.24) is 0 Å². The minimum Gasteiger partial charge on any atom is -0.376 e. The molecule has 11 aromatic rings. The van der Waals surface area contributed by atoms with Crippen molar-refractivity contribution in [3.05, 3.63) is 242 Å². The number of rotatable bonds is 7. The second kappa shape index (κ2) is 15.6. The first-order chi connectivity index (χ1) is 32.7. The van der Waals surface area contributed by atoms with Crippen molar-refractivity contribution in [2.45, 2.75) is 6.92 Å². The summed E-state index contributed by atoms with van der Waals surface area (Å²) in [5.41, 5.74) is 20.4. The lowest BCUT2D eigenvalue weighted by Crippen LogP contribution is -2.61. The van der Waals surface area contributed by atoms with Crippen molar-refractivity contribution in [3.8, 4) is 33.4 Å². The number of benzene rings is 10. The number of thiophene rings is 1. The van der Waals surface area contributed by atoms with Crippen LogP contribution in [0.25, 0.3) is 53.6 Å². The molecule has 0 amide bonds. The molecule has 1 aromatic heterocycles. The van der Waals surface area contributed by atoms with E-state index in [0.29, 0.717) is 0 Å². The van der Waals surface area contributed by atoms with Gasteiger partial charge in [-0.1, -0.05) is 152 Å². The molecule has 0 spiro atoms. The van der Waals surface area contributed by atoms with Crippen LogP contribution in [0.1, 0.15) is 5.56 Å². The highest BCUT2D eigenvalue weighted by Gasteiger charge is 2.46. The lowest BCUT2D eigenvalue weighted by Gasteiger charge is -2.46. The van der Waals surface area contributed by atoms with Gasteiger partial charge in [0, 0.05) is 60.8 Å². The van der Waals surface area contributed by atoms with Gasteiger partial charge in [0.15, 0.2) is 0 Å². The van der Waals surface area contributed by atoms with E-state index in [2.05, 4.69) is 258 Å². The third kappa shape index (κ3) is 6.12. The molecule has 0 aliphatic carbocycles. The van der Waals surface area contributed by atoms with Crippen LogP contribution < -0.4 is 25.5 Å². The molecule has 66 heavy (non-hydrogen) atoms. The van der Waals surface area contributed by atoms with Crippen molar-refractivity contribution < 1.29 is 0 Å². The summed E-state index contributed by atoms with van der Waals surface area (Å²) < 4.78 is 2.59. The molecule has 310 valence electrons. The molecule has 0 fully saturated rings. The maximum atomic E-state index is 2.63. The average molecular weight is 860 g/mol. The highest BCUT2D eigenvalue weighted by atomic mass is 32.1. The Labute approximate surface area is 389 Å². The normalized spacial score (nSPS) is 12.5. The van der Waals surface area contributed by atoms with Gasteiger partial charge < -0.3 is 14.6 Å². The zero-order chi connectivity index (χ0) is 43.7. The van der Waals surface area contributed by atoms with Crippen molar-refractivity contribution in [2.75, 3.05) is 14.6 Å². The number of fused-ring (bicyclic) bond motifs is 8. The first-order valence-electron chi connectivity index (χ1n) is 22.7. The smallest absolute Gasteiger partial charge is 0.333 e. The number of aryl methyl sites for hydroxylation is 1. The van der Waals surface area contributed by atoms with E-state index in [4.69, 9.17) is 0 Å². The van der Waals surface area contributed by atoms with Gasteiger partial charge in [0.25, 0.3) is 0 Å². The van der Waals surface area contributed by atoms with Crippen LogP contribution in [0.2, 0.25) is 0 Å². The van der Waals surface area contributed by atoms with Crippen LogP contribution in [0.5, 0.6) is 0 Å². The van der Waals surface area contributed by atoms with Gasteiger partial charge in [0.2, 0.25) is 0 Å². The van der Waals surface area contributed by atoms with Crippen LogP contribution in [-0.4, -0.2) is 6.85 Å². The van der Waals surface area contributed by atoms with Crippen molar-refractivity contribution >= 4 is 94.8 Å². The molecule has 3 heterocycles. The molecule has 13 rings (SSSR count). The van der Waals surface area contributed by atoms with Crippen LogP contribution >= 0.6 is 11.3 Å². The van der Waals surface area contributed by atoms with Crippen LogP contribution in [0.15, 0.2) is 237 Å². The monoisotopic (exact) mass is 859 g/mol. The minimum atomic E-state index is -0.172. The molecule has 3 nitrogen and oxygen atoms in total. The molecule has 0 radical (unpaired) electrons. The molecule has 10 aromatic carbocycles. The summed E-state index contributed by atoms with van der Waals surface area (Å²) in [6, 6.07) is 86.9. The van der Waals surface area contributed by atoms with Crippen molar-refractivity contribution in [1.29, 1.82) is 0 Å². The molecule has 0 saturated heterocycles. The Morgan fingerprint density at radius 1 is 0.424 bits per heavy atom. The summed E-state index contributed by atoms with van der Waals surface area (Å²) in [6.45, 7) is 2.11. The topological polar surface area (TPSA) is 9.72 Å². The Morgan fingerprint density at radius 3 is 1.74 bits per heavy atom. The second-order valence-corrected chi connectivity index (χ2v) is 18.4. The Bertz CT molecular complexity index is 3590. The van der Waals surface area contributed by atoms with Crippen molar-refractivity contribution in [2.24, 2.45) is 0 Å². The van der Waals surface area contributed by atoms with Gasteiger partial charge in [0.05, 0.1) is 10.4 Å². The van der Waals surface area contributed by atoms with Crippen LogP contribution in [0.3, 0.4) is 0 Å². The van der Waals surface area contributed by atoms with E-state index in [1.54, 1.807) is 0 Å². The molecular formula is C61H42BN3S. The molecule has 0 N–H and O–H groups in total. The fourth-order valence-electron chi connectivity index (χ4n) is 10.6.